The summed E-state index contributed by atoms with van der Waals surface area (Å²) in [7, 11) is 5.16. The predicted octanol–water partition coefficient (Wildman–Crippen LogP) is 0.986. The Morgan fingerprint density at radius 3 is 2.67 bits per heavy atom. The number of nitrogens with zero attached hydrogens (tertiary/aromatic N) is 1. The number of ether oxygens (including phenoxy) is 1. The Morgan fingerprint density at radius 2 is 2.17 bits per heavy atom. The summed E-state index contributed by atoms with van der Waals surface area (Å²) in [5.74, 6) is 0.727. The first-order chi connectivity index (χ1) is 8.43. The van der Waals surface area contributed by atoms with Crippen LogP contribution in [0.2, 0.25) is 0 Å². The summed E-state index contributed by atoms with van der Waals surface area (Å²) in [6.07, 6.45) is 0.254. The van der Waals surface area contributed by atoms with Gasteiger partial charge in [0.15, 0.2) is 0 Å². The number of hydrazine groups is 1. The van der Waals surface area contributed by atoms with E-state index in [1.165, 1.54) is 0 Å². The smallest absolute Gasteiger partial charge is 0.236 e. The van der Waals surface area contributed by atoms with E-state index in [0.29, 0.717) is 0 Å². The highest BCUT2D eigenvalue weighted by atomic mass is 16.5. The van der Waals surface area contributed by atoms with Crippen LogP contribution in [0.1, 0.15) is 23.6 Å². The van der Waals surface area contributed by atoms with E-state index in [9.17, 15) is 4.79 Å². The molecule has 18 heavy (non-hydrogen) atoms. The molecule has 1 rings (SSSR count). The molecule has 5 heteroatoms. The second-order valence-corrected chi connectivity index (χ2v) is 4.47. The van der Waals surface area contributed by atoms with Crippen molar-refractivity contribution in [2.24, 2.45) is 5.73 Å². The minimum absolute atomic E-state index is 0.0963. The van der Waals surface area contributed by atoms with Gasteiger partial charge in [0.25, 0.3) is 0 Å². The van der Waals surface area contributed by atoms with Crippen LogP contribution in [0.25, 0.3) is 0 Å². The molecule has 100 valence electrons. The monoisotopic (exact) mass is 251 g/mol. The number of carbonyl (C=O) groups excluding carboxylic acids is 1. The molecule has 0 saturated heterocycles. The minimum Gasteiger partial charge on any atom is -0.496 e. The number of aryl methyl sites for hydroxylation is 1. The van der Waals surface area contributed by atoms with Gasteiger partial charge in [0.05, 0.1) is 7.11 Å². The van der Waals surface area contributed by atoms with Crippen LogP contribution in [-0.2, 0) is 4.79 Å². The molecule has 5 nitrogen and oxygen atoms in total. The van der Waals surface area contributed by atoms with Gasteiger partial charge in [-0.1, -0.05) is 12.1 Å². The second kappa shape index (κ2) is 6.37. The maximum atomic E-state index is 11.6. The maximum absolute atomic E-state index is 11.6. The van der Waals surface area contributed by atoms with Crippen molar-refractivity contribution in [1.29, 1.82) is 0 Å². The van der Waals surface area contributed by atoms with Crippen molar-refractivity contribution >= 4 is 5.91 Å². The van der Waals surface area contributed by atoms with Gasteiger partial charge in [0.1, 0.15) is 5.75 Å². The van der Waals surface area contributed by atoms with Crippen molar-refractivity contribution in [3.63, 3.8) is 0 Å². The summed E-state index contributed by atoms with van der Waals surface area (Å²) in [5, 5.41) is 1.61. The third-order valence-corrected chi connectivity index (χ3v) is 2.60. The molecular weight excluding hydrogens is 230 g/mol. The van der Waals surface area contributed by atoms with Gasteiger partial charge in [0.2, 0.25) is 5.91 Å². The van der Waals surface area contributed by atoms with Gasteiger partial charge in [-0.05, 0) is 24.1 Å². The Balaban J connectivity index is 2.69. The summed E-state index contributed by atoms with van der Waals surface area (Å²) >= 11 is 0. The van der Waals surface area contributed by atoms with E-state index in [-0.39, 0.29) is 18.4 Å². The Kier molecular flexibility index (Phi) is 5.12. The maximum Gasteiger partial charge on any atom is 0.236 e. The highest BCUT2D eigenvalue weighted by molar-refractivity contribution is 5.76. The lowest BCUT2D eigenvalue weighted by Crippen LogP contribution is -2.37. The van der Waals surface area contributed by atoms with Crippen molar-refractivity contribution in [3.8, 4) is 5.75 Å². The molecule has 0 saturated carbocycles. The van der Waals surface area contributed by atoms with Gasteiger partial charge < -0.3 is 10.5 Å². The summed E-state index contributed by atoms with van der Waals surface area (Å²) in [4.78, 5) is 11.6. The van der Waals surface area contributed by atoms with Crippen molar-refractivity contribution in [2.45, 2.75) is 19.4 Å². The van der Waals surface area contributed by atoms with Gasteiger partial charge in [-0.15, -0.1) is 0 Å². The number of amides is 1. The Hall–Kier alpha value is -1.59. The van der Waals surface area contributed by atoms with E-state index in [1.807, 2.05) is 25.1 Å². The molecule has 0 aliphatic heterocycles. The molecule has 1 unspecified atom stereocenters. The molecule has 1 aromatic rings. The molecule has 3 N–H and O–H groups in total. The molecule has 0 radical (unpaired) electrons. The van der Waals surface area contributed by atoms with Crippen LogP contribution in [0.4, 0.5) is 0 Å². The number of rotatable bonds is 5. The van der Waals surface area contributed by atoms with Crippen LogP contribution >= 0.6 is 0 Å². The number of hydrogen-bond donors (Lipinski definition) is 2. The quantitative estimate of drug-likeness (QED) is 0.766. The number of nitrogens with one attached hydrogen (secondary N) is 1. The average molecular weight is 251 g/mol. The van der Waals surface area contributed by atoms with Crippen LogP contribution in [0.3, 0.4) is 0 Å². The molecule has 0 fully saturated rings. The predicted molar refractivity (Wildman–Crippen MR) is 71.1 cm³/mol. The van der Waals surface area contributed by atoms with E-state index in [1.54, 1.807) is 26.2 Å². The second-order valence-electron chi connectivity index (χ2n) is 4.47. The first-order valence-electron chi connectivity index (χ1n) is 5.81. The minimum atomic E-state index is -0.311. The molecule has 0 aliphatic rings. The lowest BCUT2D eigenvalue weighted by atomic mass is 10.0. The summed E-state index contributed by atoms with van der Waals surface area (Å²) in [5.41, 5.74) is 10.6. The van der Waals surface area contributed by atoms with Gasteiger partial charge in [-0.2, -0.15) is 0 Å². The summed E-state index contributed by atoms with van der Waals surface area (Å²) < 4.78 is 5.19. The van der Waals surface area contributed by atoms with Crippen LogP contribution in [0, 0.1) is 6.92 Å². The summed E-state index contributed by atoms with van der Waals surface area (Å²) in [6, 6.07) is 5.40. The zero-order valence-corrected chi connectivity index (χ0v) is 11.4. The normalized spacial score (nSPS) is 12.3. The van der Waals surface area contributed by atoms with Crippen molar-refractivity contribution < 1.29 is 9.53 Å². The van der Waals surface area contributed by atoms with Crippen LogP contribution in [0.15, 0.2) is 18.2 Å². The molecule has 1 aromatic carbocycles. The fourth-order valence-electron chi connectivity index (χ4n) is 1.74. The number of carbonyl (C=O) groups is 1. The van der Waals surface area contributed by atoms with Gasteiger partial charge in [-0.3, -0.25) is 10.2 Å². The van der Waals surface area contributed by atoms with Crippen LogP contribution in [-0.4, -0.2) is 32.1 Å². The SMILES string of the molecule is COc1ccc(C(N)CC(=O)NN(C)C)cc1C. The molecule has 0 heterocycles. The zero-order chi connectivity index (χ0) is 13.7. The third kappa shape index (κ3) is 4.01. The van der Waals surface area contributed by atoms with Crippen molar-refractivity contribution in [1.82, 2.24) is 10.4 Å². The largest absolute Gasteiger partial charge is 0.496 e. The number of hydrogen-bond acceptors (Lipinski definition) is 4. The van der Waals surface area contributed by atoms with Crippen molar-refractivity contribution in [3.05, 3.63) is 29.3 Å². The third-order valence-electron chi connectivity index (χ3n) is 2.60. The van der Waals surface area contributed by atoms with E-state index < -0.39 is 0 Å². The van der Waals surface area contributed by atoms with E-state index >= 15 is 0 Å². The van der Waals surface area contributed by atoms with Gasteiger partial charge in [-0.25, -0.2) is 5.01 Å². The molecule has 0 spiro atoms. The Bertz CT molecular complexity index is 419. The topological polar surface area (TPSA) is 67.6 Å². The van der Waals surface area contributed by atoms with Gasteiger partial charge >= 0.3 is 0 Å². The highest BCUT2D eigenvalue weighted by Crippen LogP contribution is 2.22. The zero-order valence-electron chi connectivity index (χ0n) is 11.4. The van der Waals surface area contributed by atoms with Crippen LogP contribution in [0.5, 0.6) is 5.75 Å². The van der Waals surface area contributed by atoms with E-state index in [4.69, 9.17) is 10.5 Å². The van der Waals surface area contributed by atoms with Crippen molar-refractivity contribution in [2.75, 3.05) is 21.2 Å². The summed E-state index contributed by atoms with van der Waals surface area (Å²) in [6.45, 7) is 1.95. The fourth-order valence-corrected chi connectivity index (χ4v) is 1.74. The molecule has 0 aliphatic carbocycles. The molecule has 1 atom stereocenters. The standard InChI is InChI=1S/C13H21N3O2/c1-9-7-10(5-6-12(9)18-4)11(14)8-13(17)15-16(2)3/h5-7,11H,8,14H2,1-4H3,(H,15,17). The fraction of sp³-hybridized carbons (Fsp3) is 0.462. The first kappa shape index (κ1) is 14.5. The van der Waals surface area contributed by atoms with E-state index in [2.05, 4.69) is 5.43 Å². The van der Waals surface area contributed by atoms with E-state index in [0.717, 1.165) is 16.9 Å². The average Bonchev–Trinajstić information content (AvgIpc) is 2.27. The number of nitrogens with two attached hydrogens (primary N) is 1. The molecular formula is C13H21N3O2. The highest BCUT2D eigenvalue weighted by Gasteiger charge is 2.13. The number of benzene rings is 1. The molecule has 0 bridgehead atoms. The molecule has 1 amide bonds. The molecule has 0 aromatic heterocycles. The first-order valence-corrected chi connectivity index (χ1v) is 5.81. The lowest BCUT2D eigenvalue weighted by Gasteiger charge is -2.16. The number of methoxy groups -OCH3 is 1. The Morgan fingerprint density at radius 1 is 1.50 bits per heavy atom. The lowest BCUT2D eigenvalue weighted by molar-refractivity contribution is -0.125. The van der Waals surface area contributed by atoms with Gasteiger partial charge in [0, 0.05) is 26.6 Å². The van der Waals surface area contributed by atoms with Crippen LogP contribution < -0.4 is 15.9 Å². The Labute approximate surface area is 108 Å².